The zero-order chi connectivity index (χ0) is 26.1. The lowest BCUT2D eigenvalue weighted by atomic mass is 9.74. The Morgan fingerprint density at radius 3 is 2.72 bits per heavy atom. The molecule has 1 saturated heterocycles. The van der Waals surface area contributed by atoms with Gasteiger partial charge in [-0.2, -0.15) is 0 Å². The number of hydrogen-bond donors (Lipinski definition) is 4. The van der Waals surface area contributed by atoms with Crippen molar-refractivity contribution in [2.45, 2.75) is 75.5 Å². The SMILES string of the molecule is CNCC(NC(=O)N1CCCC(C(O)(CCCCOC)c2cccc(Cl)c2F)C1)C(O)C1CCCC1. The number of ether oxygens (including phenoxy) is 1. The molecule has 1 heterocycles. The molecule has 0 spiro atoms. The predicted molar refractivity (Wildman–Crippen MR) is 140 cm³/mol. The number of urea groups is 1. The van der Waals surface area contributed by atoms with E-state index in [1.165, 1.54) is 6.07 Å². The second-order valence-corrected chi connectivity index (χ2v) is 10.8. The largest absolute Gasteiger partial charge is 0.391 e. The first kappa shape index (κ1) is 29.1. The van der Waals surface area contributed by atoms with E-state index in [4.69, 9.17) is 16.3 Å². The van der Waals surface area contributed by atoms with Crippen LogP contribution in [0.15, 0.2) is 18.2 Å². The molecule has 1 aliphatic heterocycles. The average Bonchev–Trinajstić information content (AvgIpc) is 3.42. The van der Waals surface area contributed by atoms with Crippen LogP contribution in [-0.2, 0) is 10.3 Å². The van der Waals surface area contributed by atoms with Gasteiger partial charge in [-0.15, -0.1) is 0 Å². The van der Waals surface area contributed by atoms with E-state index in [1.807, 2.05) is 0 Å². The Labute approximate surface area is 219 Å². The Bertz CT molecular complexity index is 841. The van der Waals surface area contributed by atoms with Crippen molar-refractivity contribution in [2.75, 3.05) is 40.4 Å². The number of hydrogen-bond acceptors (Lipinski definition) is 5. The van der Waals surface area contributed by atoms with Gasteiger partial charge in [0.1, 0.15) is 5.82 Å². The van der Waals surface area contributed by atoms with Gasteiger partial charge >= 0.3 is 6.03 Å². The van der Waals surface area contributed by atoms with Crippen LogP contribution in [0.3, 0.4) is 0 Å². The van der Waals surface area contributed by atoms with E-state index in [0.29, 0.717) is 51.9 Å². The number of amides is 2. The number of benzene rings is 1. The smallest absolute Gasteiger partial charge is 0.317 e. The lowest BCUT2D eigenvalue weighted by molar-refractivity contribution is -0.0590. The Morgan fingerprint density at radius 2 is 2.03 bits per heavy atom. The third kappa shape index (κ3) is 7.10. The van der Waals surface area contributed by atoms with Gasteiger partial charge in [0, 0.05) is 44.8 Å². The van der Waals surface area contributed by atoms with Crippen molar-refractivity contribution in [3.8, 4) is 0 Å². The molecule has 7 nitrogen and oxygen atoms in total. The molecule has 1 saturated carbocycles. The number of piperidine rings is 1. The van der Waals surface area contributed by atoms with E-state index < -0.39 is 23.6 Å². The van der Waals surface area contributed by atoms with Crippen LogP contribution in [0.25, 0.3) is 0 Å². The minimum Gasteiger partial charge on any atom is -0.391 e. The maximum Gasteiger partial charge on any atom is 0.317 e. The van der Waals surface area contributed by atoms with E-state index in [0.717, 1.165) is 32.1 Å². The number of nitrogens with zero attached hydrogens (tertiary/aromatic N) is 1. The van der Waals surface area contributed by atoms with Gasteiger partial charge in [0.2, 0.25) is 0 Å². The van der Waals surface area contributed by atoms with Crippen molar-refractivity contribution in [3.05, 3.63) is 34.6 Å². The normalized spacial score (nSPS) is 22.3. The molecule has 0 bridgehead atoms. The second kappa shape index (κ2) is 13.9. The van der Waals surface area contributed by atoms with Crippen LogP contribution in [0.5, 0.6) is 0 Å². The van der Waals surface area contributed by atoms with Crippen molar-refractivity contribution >= 4 is 17.6 Å². The highest BCUT2D eigenvalue weighted by molar-refractivity contribution is 6.30. The molecule has 2 amide bonds. The third-order valence-electron chi connectivity index (χ3n) is 7.99. The molecule has 2 aliphatic rings. The van der Waals surface area contributed by atoms with E-state index in [9.17, 15) is 15.0 Å². The molecule has 36 heavy (non-hydrogen) atoms. The number of nitrogens with one attached hydrogen (secondary N) is 2. The number of methoxy groups -OCH3 is 1. The predicted octanol–water partition coefficient (Wildman–Crippen LogP) is 4.04. The minimum atomic E-state index is -1.46. The van der Waals surface area contributed by atoms with Gasteiger partial charge in [0.15, 0.2) is 0 Å². The van der Waals surface area contributed by atoms with Crippen LogP contribution in [-0.4, -0.2) is 73.7 Å². The van der Waals surface area contributed by atoms with Gasteiger partial charge in [0.05, 0.1) is 22.8 Å². The van der Waals surface area contributed by atoms with E-state index in [-0.39, 0.29) is 28.5 Å². The van der Waals surface area contributed by atoms with Crippen LogP contribution in [0.1, 0.15) is 63.4 Å². The number of rotatable bonds is 12. The molecule has 2 fully saturated rings. The molecule has 3 rings (SSSR count). The summed E-state index contributed by atoms with van der Waals surface area (Å²) in [5, 5.41) is 29.0. The highest BCUT2D eigenvalue weighted by atomic mass is 35.5. The van der Waals surface area contributed by atoms with Crippen molar-refractivity contribution in [2.24, 2.45) is 11.8 Å². The molecular formula is C27H43ClFN3O4. The van der Waals surface area contributed by atoms with Crippen LogP contribution < -0.4 is 10.6 Å². The standard InChI is InChI=1S/C27H43ClFN3O4/c1-30-17-23(25(33)19-9-3-4-10-19)31-26(34)32-15-8-11-20(18-32)27(35,14-5-6-16-36-2)21-12-7-13-22(28)24(21)29/h7,12-13,19-20,23,25,30,33,35H,3-6,8-11,14-18H2,1-2H3,(H,31,34). The first-order valence-electron chi connectivity index (χ1n) is 13.4. The van der Waals surface area contributed by atoms with Crippen LogP contribution >= 0.6 is 11.6 Å². The summed E-state index contributed by atoms with van der Waals surface area (Å²) in [5.41, 5.74) is -1.28. The summed E-state index contributed by atoms with van der Waals surface area (Å²) >= 11 is 6.08. The maximum absolute atomic E-state index is 15.1. The van der Waals surface area contributed by atoms with Gasteiger partial charge in [-0.3, -0.25) is 0 Å². The Kier molecular flexibility index (Phi) is 11.2. The molecule has 4 unspecified atom stereocenters. The Hall–Kier alpha value is -1.45. The molecule has 9 heteroatoms. The van der Waals surface area contributed by atoms with E-state index >= 15 is 4.39 Å². The summed E-state index contributed by atoms with van der Waals surface area (Å²) in [5.74, 6) is -0.764. The topological polar surface area (TPSA) is 94.1 Å². The van der Waals surface area contributed by atoms with Gasteiger partial charge in [0.25, 0.3) is 0 Å². The number of carbonyl (C=O) groups is 1. The monoisotopic (exact) mass is 527 g/mol. The molecule has 0 radical (unpaired) electrons. The Morgan fingerprint density at radius 1 is 1.28 bits per heavy atom. The number of aliphatic hydroxyl groups excluding tert-OH is 1. The molecule has 4 atom stereocenters. The fourth-order valence-corrected chi connectivity index (χ4v) is 6.12. The number of halogens is 2. The quantitative estimate of drug-likeness (QED) is 0.308. The van der Waals surface area contributed by atoms with Gasteiger partial charge in [-0.05, 0) is 64.0 Å². The summed E-state index contributed by atoms with van der Waals surface area (Å²) in [4.78, 5) is 15.0. The highest BCUT2D eigenvalue weighted by Crippen LogP contribution is 2.42. The van der Waals surface area contributed by atoms with E-state index in [2.05, 4.69) is 10.6 Å². The summed E-state index contributed by atoms with van der Waals surface area (Å²) in [6, 6.07) is 4.07. The third-order valence-corrected chi connectivity index (χ3v) is 8.28. The zero-order valence-electron chi connectivity index (χ0n) is 21.6. The average molecular weight is 528 g/mol. The number of aliphatic hydroxyl groups is 2. The molecule has 4 N–H and O–H groups in total. The van der Waals surface area contributed by atoms with Crippen LogP contribution in [0, 0.1) is 17.7 Å². The lowest BCUT2D eigenvalue weighted by Gasteiger charge is -2.43. The number of unbranched alkanes of at least 4 members (excludes halogenated alkanes) is 1. The molecule has 1 aliphatic carbocycles. The molecule has 1 aromatic rings. The number of likely N-dealkylation sites (N-methyl/N-ethyl adjacent to an activating group) is 1. The summed E-state index contributed by atoms with van der Waals surface area (Å²) in [6.45, 7) is 1.87. The molecule has 0 aromatic heterocycles. The minimum absolute atomic E-state index is 0.0240. The van der Waals surface area contributed by atoms with Crippen LogP contribution in [0.4, 0.5) is 9.18 Å². The van der Waals surface area contributed by atoms with Crippen molar-refractivity contribution in [3.63, 3.8) is 0 Å². The number of carbonyl (C=O) groups excluding carboxylic acids is 1. The summed E-state index contributed by atoms with van der Waals surface area (Å²) < 4.78 is 20.3. The van der Waals surface area contributed by atoms with Crippen molar-refractivity contribution < 1.29 is 24.1 Å². The molecule has 204 valence electrons. The lowest BCUT2D eigenvalue weighted by Crippen LogP contribution is -2.57. The fourth-order valence-electron chi connectivity index (χ4n) is 5.94. The summed E-state index contributed by atoms with van der Waals surface area (Å²) in [6.07, 6.45) is 6.66. The molecule has 1 aromatic carbocycles. The number of likely N-dealkylation sites (tertiary alicyclic amines) is 1. The van der Waals surface area contributed by atoms with Crippen molar-refractivity contribution in [1.82, 2.24) is 15.5 Å². The fraction of sp³-hybridized carbons (Fsp3) is 0.741. The molecular weight excluding hydrogens is 485 g/mol. The van der Waals surface area contributed by atoms with Crippen LogP contribution in [0.2, 0.25) is 5.02 Å². The van der Waals surface area contributed by atoms with Gasteiger partial charge in [-0.25, -0.2) is 9.18 Å². The van der Waals surface area contributed by atoms with Gasteiger partial charge < -0.3 is 30.5 Å². The zero-order valence-corrected chi connectivity index (χ0v) is 22.4. The van der Waals surface area contributed by atoms with Crippen molar-refractivity contribution in [1.29, 1.82) is 0 Å². The summed E-state index contributed by atoms with van der Waals surface area (Å²) in [7, 11) is 3.44. The first-order chi connectivity index (χ1) is 17.3. The Balaban J connectivity index is 1.75. The first-order valence-corrected chi connectivity index (χ1v) is 13.7. The highest BCUT2D eigenvalue weighted by Gasteiger charge is 2.43. The second-order valence-electron chi connectivity index (χ2n) is 10.4. The maximum atomic E-state index is 15.1. The van der Waals surface area contributed by atoms with E-state index in [1.54, 1.807) is 31.2 Å². The van der Waals surface area contributed by atoms with Gasteiger partial charge in [-0.1, -0.05) is 36.6 Å².